The topological polar surface area (TPSA) is 25.4 Å². The van der Waals surface area contributed by atoms with E-state index in [0.29, 0.717) is 12.1 Å². The van der Waals surface area contributed by atoms with Gasteiger partial charge in [-0.05, 0) is 25.5 Å². The standard InChI is InChI=1S/C12H18N2O/c1-10-8-15-9-11(2)14(10)7-12-4-3-5-13-6-12/h3-6,10-11H,7-9H2,1-2H3. The summed E-state index contributed by atoms with van der Waals surface area (Å²) in [4.78, 5) is 6.62. The van der Waals surface area contributed by atoms with Gasteiger partial charge in [-0.25, -0.2) is 0 Å². The Morgan fingerprint density at radius 2 is 2.13 bits per heavy atom. The van der Waals surface area contributed by atoms with Crippen LogP contribution in [0.15, 0.2) is 24.5 Å². The van der Waals surface area contributed by atoms with Gasteiger partial charge in [0.05, 0.1) is 13.2 Å². The molecule has 3 nitrogen and oxygen atoms in total. The predicted octanol–water partition coefficient (Wildman–Crippen LogP) is 1.69. The molecule has 0 aromatic carbocycles. The average Bonchev–Trinajstić information content (AvgIpc) is 2.25. The van der Waals surface area contributed by atoms with Crippen LogP contribution in [0, 0.1) is 0 Å². The van der Waals surface area contributed by atoms with Crippen molar-refractivity contribution in [2.24, 2.45) is 0 Å². The largest absolute Gasteiger partial charge is 0.378 e. The summed E-state index contributed by atoms with van der Waals surface area (Å²) in [5, 5.41) is 0. The van der Waals surface area contributed by atoms with Gasteiger partial charge in [0.15, 0.2) is 0 Å². The first-order valence-corrected chi connectivity index (χ1v) is 5.50. The number of morpholine rings is 1. The smallest absolute Gasteiger partial charge is 0.0620 e. The summed E-state index contributed by atoms with van der Waals surface area (Å²) in [5.41, 5.74) is 1.28. The molecule has 1 fully saturated rings. The summed E-state index contributed by atoms with van der Waals surface area (Å²) in [6.07, 6.45) is 3.75. The van der Waals surface area contributed by atoms with Gasteiger partial charge >= 0.3 is 0 Å². The van der Waals surface area contributed by atoms with E-state index in [1.165, 1.54) is 5.56 Å². The zero-order chi connectivity index (χ0) is 10.7. The van der Waals surface area contributed by atoms with Gasteiger partial charge in [-0.2, -0.15) is 0 Å². The average molecular weight is 206 g/mol. The fourth-order valence-electron chi connectivity index (χ4n) is 2.05. The molecule has 0 aliphatic carbocycles. The molecular formula is C12H18N2O. The van der Waals surface area contributed by atoms with Crippen molar-refractivity contribution in [3.8, 4) is 0 Å². The van der Waals surface area contributed by atoms with Crippen LogP contribution in [0.2, 0.25) is 0 Å². The van der Waals surface area contributed by atoms with E-state index >= 15 is 0 Å². The number of hydrogen-bond donors (Lipinski definition) is 0. The van der Waals surface area contributed by atoms with Crippen molar-refractivity contribution in [2.75, 3.05) is 13.2 Å². The number of nitrogens with zero attached hydrogens (tertiary/aromatic N) is 2. The van der Waals surface area contributed by atoms with Crippen molar-refractivity contribution in [3.05, 3.63) is 30.1 Å². The van der Waals surface area contributed by atoms with Gasteiger partial charge in [0, 0.05) is 31.0 Å². The molecule has 1 saturated heterocycles. The van der Waals surface area contributed by atoms with Crippen molar-refractivity contribution in [3.63, 3.8) is 0 Å². The van der Waals surface area contributed by atoms with Crippen molar-refractivity contribution < 1.29 is 4.74 Å². The number of ether oxygens (including phenoxy) is 1. The highest BCUT2D eigenvalue weighted by molar-refractivity contribution is 5.08. The summed E-state index contributed by atoms with van der Waals surface area (Å²) in [7, 11) is 0. The van der Waals surface area contributed by atoms with Crippen molar-refractivity contribution >= 4 is 0 Å². The molecule has 3 heteroatoms. The summed E-state index contributed by atoms with van der Waals surface area (Å²) in [5.74, 6) is 0. The second-order valence-corrected chi connectivity index (χ2v) is 4.27. The zero-order valence-corrected chi connectivity index (χ0v) is 9.39. The molecule has 1 aliphatic rings. The second kappa shape index (κ2) is 4.73. The maximum absolute atomic E-state index is 5.50. The molecule has 0 amide bonds. The van der Waals surface area contributed by atoms with E-state index in [1.54, 1.807) is 0 Å². The predicted molar refractivity (Wildman–Crippen MR) is 59.5 cm³/mol. The third kappa shape index (κ3) is 2.55. The zero-order valence-electron chi connectivity index (χ0n) is 9.39. The molecule has 2 rings (SSSR count). The lowest BCUT2D eigenvalue weighted by Crippen LogP contribution is -2.48. The van der Waals surface area contributed by atoms with Crippen molar-refractivity contribution in [1.82, 2.24) is 9.88 Å². The molecule has 1 aromatic rings. The van der Waals surface area contributed by atoms with Crippen LogP contribution < -0.4 is 0 Å². The minimum absolute atomic E-state index is 0.494. The van der Waals surface area contributed by atoms with Crippen LogP contribution in [-0.4, -0.2) is 35.2 Å². The van der Waals surface area contributed by atoms with E-state index in [9.17, 15) is 0 Å². The fraction of sp³-hybridized carbons (Fsp3) is 0.583. The van der Waals surface area contributed by atoms with Crippen LogP contribution in [0.4, 0.5) is 0 Å². The minimum Gasteiger partial charge on any atom is -0.378 e. The van der Waals surface area contributed by atoms with Gasteiger partial charge < -0.3 is 4.74 Å². The Morgan fingerprint density at radius 1 is 1.40 bits per heavy atom. The van der Waals surface area contributed by atoms with Crippen LogP contribution >= 0.6 is 0 Å². The summed E-state index contributed by atoms with van der Waals surface area (Å²) in [6.45, 7) is 7.08. The number of aromatic nitrogens is 1. The third-order valence-electron chi connectivity index (χ3n) is 2.94. The molecule has 0 spiro atoms. The Bertz CT molecular complexity index is 292. The van der Waals surface area contributed by atoms with E-state index in [4.69, 9.17) is 4.74 Å². The minimum atomic E-state index is 0.494. The summed E-state index contributed by atoms with van der Waals surface area (Å²) >= 11 is 0. The van der Waals surface area contributed by atoms with Crippen LogP contribution in [0.3, 0.4) is 0 Å². The first-order chi connectivity index (χ1) is 7.27. The first kappa shape index (κ1) is 10.6. The first-order valence-electron chi connectivity index (χ1n) is 5.50. The monoisotopic (exact) mass is 206 g/mol. The molecule has 2 heterocycles. The Labute approximate surface area is 91.1 Å². The molecule has 2 atom stereocenters. The maximum Gasteiger partial charge on any atom is 0.0620 e. The molecule has 1 aliphatic heterocycles. The van der Waals surface area contributed by atoms with Crippen molar-refractivity contribution in [1.29, 1.82) is 0 Å². The Kier molecular flexibility index (Phi) is 3.34. The highest BCUT2D eigenvalue weighted by Crippen LogP contribution is 2.16. The number of hydrogen-bond acceptors (Lipinski definition) is 3. The summed E-state index contributed by atoms with van der Waals surface area (Å²) in [6, 6.07) is 5.11. The molecule has 82 valence electrons. The van der Waals surface area contributed by atoms with Crippen LogP contribution in [-0.2, 0) is 11.3 Å². The fourth-order valence-corrected chi connectivity index (χ4v) is 2.05. The van der Waals surface area contributed by atoms with Gasteiger partial charge in [0.25, 0.3) is 0 Å². The van der Waals surface area contributed by atoms with Gasteiger partial charge in [0.2, 0.25) is 0 Å². The number of pyridine rings is 1. The Balaban J connectivity index is 2.03. The van der Waals surface area contributed by atoms with E-state index in [1.807, 2.05) is 18.5 Å². The SMILES string of the molecule is CC1COCC(C)N1Cc1cccnc1. The van der Waals surface area contributed by atoms with E-state index in [-0.39, 0.29) is 0 Å². The second-order valence-electron chi connectivity index (χ2n) is 4.27. The van der Waals surface area contributed by atoms with E-state index < -0.39 is 0 Å². The van der Waals surface area contributed by atoms with E-state index in [2.05, 4.69) is 29.8 Å². The van der Waals surface area contributed by atoms with Crippen molar-refractivity contribution in [2.45, 2.75) is 32.5 Å². The van der Waals surface area contributed by atoms with E-state index in [0.717, 1.165) is 19.8 Å². The lowest BCUT2D eigenvalue weighted by atomic mass is 10.1. The molecular weight excluding hydrogens is 188 g/mol. The molecule has 0 saturated carbocycles. The highest BCUT2D eigenvalue weighted by Gasteiger charge is 2.24. The quantitative estimate of drug-likeness (QED) is 0.736. The number of rotatable bonds is 2. The lowest BCUT2D eigenvalue weighted by molar-refractivity contribution is -0.0410. The van der Waals surface area contributed by atoms with Crippen LogP contribution in [0.1, 0.15) is 19.4 Å². The summed E-state index contributed by atoms with van der Waals surface area (Å²) < 4.78 is 5.50. The molecule has 0 N–H and O–H groups in total. The van der Waals surface area contributed by atoms with Crippen LogP contribution in [0.25, 0.3) is 0 Å². The van der Waals surface area contributed by atoms with Gasteiger partial charge in [-0.1, -0.05) is 6.07 Å². The van der Waals surface area contributed by atoms with Gasteiger partial charge in [0.1, 0.15) is 0 Å². The van der Waals surface area contributed by atoms with Gasteiger partial charge in [-0.15, -0.1) is 0 Å². The molecule has 0 bridgehead atoms. The molecule has 1 aromatic heterocycles. The Hall–Kier alpha value is -0.930. The maximum atomic E-state index is 5.50. The Morgan fingerprint density at radius 3 is 2.73 bits per heavy atom. The van der Waals surface area contributed by atoms with Crippen LogP contribution in [0.5, 0.6) is 0 Å². The normalized spacial score (nSPS) is 27.9. The molecule has 2 unspecified atom stereocenters. The lowest BCUT2D eigenvalue weighted by Gasteiger charge is -2.38. The molecule has 15 heavy (non-hydrogen) atoms. The third-order valence-corrected chi connectivity index (χ3v) is 2.94. The van der Waals surface area contributed by atoms with Gasteiger partial charge in [-0.3, -0.25) is 9.88 Å². The highest BCUT2D eigenvalue weighted by atomic mass is 16.5. The molecule has 0 radical (unpaired) electrons.